The monoisotopic (exact) mass is 633 g/mol. The summed E-state index contributed by atoms with van der Waals surface area (Å²) in [4.78, 5) is 5.97. The second kappa shape index (κ2) is 18.4. The Morgan fingerprint density at radius 1 is 0.370 bits per heavy atom. The quantitative estimate of drug-likeness (QED) is 0.209. The average molecular weight is 633 g/mol. The summed E-state index contributed by atoms with van der Waals surface area (Å²) in [5.74, 6) is 3.48. The molecule has 262 valence electrons. The molecule has 0 bridgehead atoms. The van der Waals surface area contributed by atoms with Crippen molar-refractivity contribution in [3.8, 4) is 0 Å². The van der Waals surface area contributed by atoms with Gasteiger partial charge in [-0.05, 0) is 139 Å². The van der Waals surface area contributed by atoms with Crippen molar-refractivity contribution in [2.45, 2.75) is 218 Å². The molecule has 0 amide bonds. The predicted molar refractivity (Wildman–Crippen MR) is 199 cm³/mol. The molecule has 0 N–H and O–H groups in total. The minimum atomic E-state index is 0.832. The van der Waals surface area contributed by atoms with Crippen molar-refractivity contribution in [3.05, 3.63) is 23.3 Å². The van der Waals surface area contributed by atoms with Crippen LogP contribution < -0.4 is 0 Å². The van der Waals surface area contributed by atoms with Crippen molar-refractivity contribution in [2.75, 3.05) is 13.1 Å². The van der Waals surface area contributed by atoms with Gasteiger partial charge in [0.25, 0.3) is 0 Å². The van der Waals surface area contributed by atoms with Crippen LogP contribution in [-0.4, -0.2) is 47.1 Å². The summed E-state index contributed by atoms with van der Waals surface area (Å²) in [5.41, 5.74) is 3.85. The molecule has 0 unspecified atom stereocenters. The van der Waals surface area contributed by atoms with Crippen LogP contribution in [0.1, 0.15) is 194 Å². The lowest BCUT2D eigenvalue weighted by Crippen LogP contribution is -2.52. The van der Waals surface area contributed by atoms with E-state index in [1.165, 1.54) is 193 Å². The van der Waals surface area contributed by atoms with Gasteiger partial charge in [-0.2, -0.15) is 0 Å². The summed E-state index contributed by atoms with van der Waals surface area (Å²) < 4.78 is 0. The van der Waals surface area contributed by atoms with Crippen molar-refractivity contribution < 1.29 is 0 Å². The van der Waals surface area contributed by atoms with Gasteiger partial charge >= 0.3 is 0 Å². The maximum Gasteiger partial charge on any atom is 0.0102 e. The molecule has 6 rings (SSSR count). The highest BCUT2D eigenvalue weighted by Gasteiger charge is 2.38. The fourth-order valence-electron chi connectivity index (χ4n) is 12.1. The summed E-state index contributed by atoms with van der Waals surface area (Å²) >= 11 is 0. The Morgan fingerprint density at radius 2 is 0.674 bits per heavy atom. The Morgan fingerprint density at radius 3 is 1.04 bits per heavy atom. The third-order valence-electron chi connectivity index (χ3n) is 14.7. The van der Waals surface area contributed by atoms with E-state index in [-0.39, 0.29) is 0 Å². The summed E-state index contributed by atoms with van der Waals surface area (Å²) in [6.07, 6.45) is 47.0. The number of hydrogen-bond donors (Lipinski definition) is 0. The van der Waals surface area contributed by atoms with Gasteiger partial charge in [0, 0.05) is 24.2 Å². The molecule has 0 aromatic heterocycles. The van der Waals surface area contributed by atoms with Crippen molar-refractivity contribution in [1.29, 1.82) is 0 Å². The van der Waals surface area contributed by atoms with E-state index in [1.807, 2.05) is 11.1 Å². The third kappa shape index (κ3) is 9.14. The molecule has 0 radical (unpaired) electrons. The number of allylic oxidation sites excluding steroid dienone is 4. The summed E-state index contributed by atoms with van der Waals surface area (Å²) in [5, 5.41) is 0. The van der Waals surface area contributed by atoms with E-state index in [0.717, 1.165) is 47.8 Å². The van der Waals surface area contributed by atoms with Gasteiger partial charge < -0.3 is 4.90 Å². The Hall–Kier alpha value is -0.600. The van der Waals surface area contributed by atoms with Crippen LogP contribution in [0.5, 0.6) is 0 Å². The molecule has 0 aliphatic heterocycles. The molecular weight excluding hydrogens is 556 g/mol. The lowest BCUT2D eigenvalue weighted by Gasteiger charge is -2.49. The van der Waals surface area contributed by atoms with Gasteiger partial charge in [0.2, 0.25) is 0 Å². The van der Waals surface area contributed by atoms with Gasteiger partial charge in [-0.25, -0.2) is 0 Å². The van der Waals surface area contributed by atoms with Gasteiger partial charge in [0.05, 0.1) is 0 Å². The topological polar surface area (TPSA) is 6.48 Å². The van der Waals surface area contributed by atoms with Gasteiger partial charge in [-0.15, -0.1) is 0 Å². The van der Waals surface area contributed by atoms with E-state index >= 15 is 0 Å². The SMILES string of the molecule is CCN(CC)C1CCC(/C(=C\C=C(C2CCCCC2)C2CCCCC2)C2CCC(N(C3CCCCC3)C3CCCCC3)CC2)CC1. The molecule has 2 heteroatoms. The van der Waals surface area contributed by atoms with E-state index in [2.05, 4.69) is 35.8 Å². The maximum atomic E-state index is 3.21. The molecule has 6 aliphatic carbocycles. The lowest BCUT2D eigenvalue weighted by molar-refractivity contribution is 0.0168. The maximum absolute atomic E-state index is 3.21. The molecule has 46 heavy (non-hydrogen) atoms. The summed E-state index contributed by atoms with van der Waals surface area (Å²) in [6.45, 7) is 7.22. The first kappa shape index (κ1) is 35.2. The molecule has 0 spiro atoms. The molecule has 2 nitrogen and oxygen atoms in total. The second-order valence-electron chi connectivity index (χ2n) is 17.3. The van der Waals surface area contributed by atoms with E-state index in [1.54, 1.807) is 0 Å². The zero-order valence-corrected chi connectivity index (χ0v) is 30.9. The van der Waals surface area contributed by atoms with Gasteiger partial charge in [0.15, 0.2) is 0 Å². The normalized spacial score (nSPS) is 32.2. The van der Waals surface area contributed by atoms with Crippen LogP contribution in [0.2, 0.25) is 0 Å². The van der Waals surface area contributed by atoms with Crippen molar-refractivity contribution >= 4 is 0 Å². The first-order chi connectivity index (χ1) is 22.7. The molecule has 0 saturated heterocycles. The van der Waals surface area contributed by atoms with E-state index in [4.69, 9.17) is 0 Å². The lowest BCUT2D eigenvalue weighted by atomic mass is 9.70. The van der Waals surface area contributed by atoms with Crippen LogP contribution in [0.3, 0.4) is 0 Å². The Bertz CT molecular complexity index is 868. The molecule has 6 aliphatic rings. The summed E-state index contributed by atoms with van der Waals surface area (Å²) in [6, 6.07) is 3.51. The number of rotatable bonds is 11. The van der Waals surface area contributed by atoms with E-state index in [9.17, 15) is 0 Å². The first-order valence-corrected chi connectivity index (χ1v) is 21.7. The van der Waals surface area contributed by atoms with Crippen molar-refractivity contribution in [2.24, 2.45) is 23.7 Å². The minimum absolute atomic E-state index is 0.832. The molecule has 0 aromatic carbocycles. The highest BCUT2D eigenvalue weighted by molar-refractivity contribution is 5.26. The van der Waals surface area contributed by atoms with Crippen molar-refractivity contribution in [3.63, 3.8) is 0 Å². The molecule has 0 atom stereocenters. The van der Waals surface area contributed by atoms with Crippen LogP contribution in [0.4, 0.5) is 0 Å². The molecule has 6 saturated carbocycles. The fraction of sp³-hybridized carbons (Fsp3) is 0.909. The smallest absolute Gasteiger partial charge is 0.0102 e. The predicted octanol–water partition coefficient (Wildman–Crippen LogP) is 12.4. The van der Waals surface area contributed by atoms with Crippen LogP contribution in [0.15, 0.2) is 23.3 Å². The fourth-order valence-corrected chi connectivity index (χ4v) is 12.1. The van der Waals surface area contributed by atoms with E-state index in [0.29, 0.717) is 0 Å². The number of nitrogens with zero attached hydrogens (tertiary/aromatic N) is 2. The van der Waals surface area contributed by atoms with E-state index < -0.39 is 0 Å². The zero-order valence-electron chi connectivity index (χ0n) is 30.9. The molecule has 0 heterocycles. The highest BCUT2D eigenvalue weighted by Crippen LogP contribution is 2.45. The molecule has 6 fully saturated rings. The zero-order chi connectivity index (χ0) is 31.6. The van der Waals surface area contributed by atoms with Crippen LogP contribution in [0, 0.1) is 23.7 Å². The standard InChI is InChI=1S/C44H76N2/c1-3-45(4-2)39-29-25-37(26-30-39)44(34-33-43(35-17-9-5-10-18-35)36-19-11-6-12-20-36)38-27-31-42(32-28-38)46(40-21-13-7-14-22-40)41-23-15-8-16-24-41/h33-42H,3-32H2,1-2H3/b44-34+. The Labute approximate surface area is 287 Å². The Balaban J connectivity index is 1.21. The van der Waals surface area contributed by atoms with Gasteiger partial charge in [-0.1, -0.05) is 114 Å². The Kier molecular flexibility index (Phi) is 14.1. The number of hydrogen-bond acceptors (Lipinski definition) is 2. The van der Waals surface area contributed by atoms with Gasteiger partial charge in [0.1, 0.15) is 0 Å². The van der Waals surface area contributed by atoms with Crippen LogP contribution in [0.25, 0.3) is 0 Å². The first-order valence-electron chi connectivity index (χ1n) is 21.7. The second-order valence-corrected chi connectivity index (χ2v) is 17.3. The van der Waals surface area contributed by atoms with Crippen LogP contribution in [-0.2, 0) is 0 Å². The molecular formula is C44H76N2. The largest absolute Gasteiger partial charge is 0.301 e. The molecule has 0 aromatic rings. The third-order valence-corrected chi connectivity index (χ3v) is 14.7. The summed E-state index contributed by atoms with van der Waals surface area (Å²) in [7, 11) is 0. The van der Waals surface area contributed by atoms with Gasteiger partial charge in [-0.3, -0.25) is 4.90 Å². The highest BCUT2D eigenvalue weighted by atomic mass is 15.2. The average Bonchev–Trinajstić information content (AvgIpc) is 3.13. The van der Waals surface area contributed by atoms with Crippen LogP contribution >= 0.6 is 0 Å². The van der Waals surface area contributed by atoms with Crippen molar-refractivity contribution in [1.82, 2.24) is 9.80 Å². The minimum Gasteiger partial charge on any atom is -0.301 e.